The van der Waals surface area contributed by atoms with Gasteiger partial charge in [-0.1, -0.05) is 11.6 Å². The molecule has 0 saturated carbocycles. The lowest BCUT2D eigenvalue weighted by atomic mass is 10.0. The van der Waals surface area contributed by atoms with Crippen LogP contribution in [0.3, 0.4) is 0 Å². The second-order valence-electron chi connectivity index (χ2n) is 4.62. The smallest absolute Gasteiger partial charge is 0.137 e. The van der Waals surface area contributed by atoms with Gasteiger partial charge in [-0.25, -0.2) is 4.39 Å². The first-order chi connectivity index (χ1) is 8.65. The summed E-state index contributed by atoms with van der Waals surface area (Å²) in [5.74, 6) is -0.278. The van der Waals surface area contributed by atoms with Crippen LogP contribution in [-0.4, -0.2) is 18.5 Å². The number of Topliss-reactive ketones (excluding diaryl/α,β-unsaturated/α-hetero) is 1. The summed E-state index contributed by atoms with van der Waals surface area (Å²) in [7, 11) is 0. The first kappa shape index (κ1) is 13.5. The molecular formula is C14H16ClFO2. The Kier molecular flexibility index (Phi) is 4.72. The minimum Gasteiger partial charge on any atom is -0.378 e. The number of hydrogen-bond donors (Lipinski definition) is 0. The van der Waals surface area contributed by atoms with Gasteiger partial charge in [-0.3, -0.25) is 4.79 Å². The van der Waals surface area contributed by atoms with Crippen molar-refractivity contribution >= 4 is 17.4 Å². The molecular weight excluding hydrogens is 255 g/mol. The van der Waals surface area contributed by atoms with Crippen LogP contribution in [0.4, 0.5) is 4.39 Å². The number of carbonyl (C=O) groups is 1. The molecule has 1 aromatic rings. The van der Waals surface area contributed by atoms with Crippen molar-refractivity contribution in [1.82, 2.24) is 0 Å². The zero-order valence-corrected chi connectivity index (χ0v) is 10.9. The highest BCUT2D eigenvalue weighted by atomic mass is 35.5. The Morgan fingerprint density at radius 3 is 3.06 bits per heavy atom. The van der Waals surface area contributed by atoms with E-state index in [1.54, 1.807) is 0 Å². The molecule has 0 bridgehead atoms. The average Bonchev–Trinajstić information content (AvgIpc) is 2.84. The zero-order chi connectivity index (χ0) is 13.0. The summed E-state index contributed by atoms with van der Waals surface area (Å²) in [6.07, 6.45) is 3.76. The van der Waals surface area contributed by atoms with Crippen LogP contribution in [0.25, 0.3) is 0 Å². The van der Waals surface area contributed by atoms with Crippen LogP contribution in [0.2, 0.25) is 5.02 Å². The lowest BCUT2D eigenvalue weighted by Gasteiger charge is -2.08. The van der Waals surface area contributed by atoms with E-state index in [-0.39, 0.29) is 24.1 Å². The highest BCUT2D eigenvalue weighted by Crippen LogP contribution is 2.20. The van der Waals surface area contributed by atoms with Crippen molar-refractivity contribution in [1.29, 1.82) is 0 Å². The summed E-state index contributed by atoms with van der Waals surface area (Å²) in [6, 6.07) is 4.11. The molecule has 0 spiro atoms. The second-order valence-corrected chi connectivity index (χ2v) is 5.03. The number of carbonyl (C=O) groups excluding carboxylic acids is 1. The summed E-state index contributed by atoms with van der Waals surface area (Å²) < 4.78 is 18.5. The topological polar surface area (TPSA) is 26.3 Å². The molecule has 2 nitrogen and oxygen atoms in total. The Morgan fingerprint density at radius 1 is 1.50 bits per heavy atom. The van der Waals surface area contributed by atoms with Gasteiger partial charge >= 0.3 is 0 Å². The molecule has 4 heteroatoms. The minimum atomic E-state index is -0.360. The predicted molar refractivity (Wildman–Crippen MR) is 68.3 cm³/mol. The SMILES string of the molecule is O=C(CCC1CCCO1)Cc1cc(F)ccc1Cl. The molecule has 98 valence electrons. The van der Waals surface area contributed by atoms with Crippen LogP contribution in [0.15, 0.2) is 18.2 Å². The average molecular weight is 271 g/mol. The molecule has 1 aromatic carbocycles. The molecule has 0 amide bonds. The molecule has 1 saturated heterocycles. The molecule has 1 aliphatic rings. The maximum absolute atomic E-state index is 13.0. The molecule has 1 fully saturated rings. The second kappa shape index (κ2) is 6.30. The lowest BCUT2D eigenvalue weighted by Crippen LogP contribution is -2.10. The van der Waals surface area contributed by atoms with Crippen molar-refractivity contribution in [2.45, 2.75) is 38.2 Å². The summed E-state index contributed by atoms with van der Waals surface area (Å²) in [5, 5.41) is 0.446. The van der Waals surface area contributed by atoms with Crippen molar-refractivity contribution in [2.75, 3.05) is 6.61 Å². The van der Waals surface area contributed by atoms with E-state index in [0.29, 0.717) is 17.0 Å². The Hall–Kier alpha value is -0.930. The van der Waals surface area contributed by atoms with Gasteiger partial charge in [0, 0.05) is 24.5 Å². The van der Waals surface area contributed by atoms with E-state index in [9.17, 15) is 9.18 Å². The van der Waals surface area contributed by atoms with Gasteiger partial charge in [-0.15, -0.1) is 0 Å². The van der Waals surface area contributed by atoms with E-state index < -0.39 is 0 Å². The molecule has 0 N–H and O–H groups in total. The predicted octanol–water partition coefficient (Wildman–Crippen LogP) is 3.55. The number of halogens is 2. The van der Waals surface area contributed by atoms with Gasteiger partial charge in [-0.05, 0) is 43.0 Å². The minimum absolute atomic E-state index is 0.0815. The summed E-state index contributed by atoms with van der Waals surface area (Å²) >= 11 is 5.92. The Bertz CT molecular complexity index is 428. The number of rotatable bonds is 5. The quantitative estimate of drug-likeness (QED) is 0.818. The maximum Gasteiger partial charge on any atom is 0.137 e. The van der Waals surface area contributed by atoms with Gasteiger partial charge in [0.05, 0.1) is 6.10 Å². The fourth-order valence-corrected chi connectivity index (χ4v) is 2.36. The largest absolute Gasteiger partial charge is 0.378 e. The van der Waals surface area contributed by atoms with Crippen molar-refractivity contribution in [3.63, 3.8) is 0 Å². The van der Waals surface area contributed by atoms with Crippen LogP contribution >= 0.6 is 11.6 Å². The highest BCUT2D eigenvalue weighted by molar-refractivity contribution is 6.31. The summed E-state index contributed by atoms with van der Waals surface area (Å²) in [6.45, 7) is 0.800. The van der Waals surface area contributed by atoms with Crippen molar-refractivity contribution in [3.8, 4) is 0 Å². The van der Waals surface area contributed by atoms with Crippen molar-refractivity contribution in [3.05, 3.63) is 34.6 Å². The third-order valence-electron chi connectivity index (χ3n) is 3.16. The number of ketones is 1. The Balaban J connectivity index is 1.84. The van der Waals surface area contributed by atoms with Gasteiger partial charge in [0.15, 0.2) is 0 Å². The normalized spacial score (nSPS) is 19.1. The number of benzene rings is 1. The highest BCUT2D eigenvalue weighted by Gasteiger charge is 2.17. The number of hydrogen-bond acceptors (Lipinski definition) is 2. The van der Waals surface area contributed by atoms with E-state index in [1.165, 1.54) is 18.2 Å². The van der Waals surface area contributed by atoms with Gasteiger partial charge < -0.3 is 4.74 Å². The van der Waals surface area contributed by atoms with Gasteiger partial charge in [0.25, 0.3) is 0 Å². The molecule has 1 atom stereocenters. The van der Waals surface area contributed by atoms with Crippen LogP contribution < -0.4 is 0 Å². The lowest BCUT2D eigenvalue weighted by molar-refractivity contribution is -0.119. The molecule has 0 radical (unpaired) electrons. The first-order valence-electron chi connectivity index (χ1n) is 6.22. The van der Waals surface area contributed by atoms with Crippen molar-refractivity contribution in [2.24, 2.45) is 0 Å². The first-order valence-corrected chi connectivity index (χ1v) is 6.60. The fraction of sp³-hybridized carbons (Fsp3) is 0.500. The van der Waals surface area contributed by atoms with E-state index in [1.807, 2.05) is 0 Å². The molecule has 0 aliphatic carbocycles. The van der Waals surface area contributed by atoms with E-state index >= 15 is 0 Å². The summed E-state index contributed by atoms with van der Waals surface area (Å²) in [4.78, 5) is 11.8. The fourth-order valence-electron chi connectivity index (χ4n) is 2.17. The third-order valence-corrected chi connectivity index (χ3v) is 3.53. The van der Waals surface area contributed by atoms with Gasteiger partial charge in [0.1, 0.15) is 11.6 Å². The standard InChI is InChI=1S/C14H16ClFO2/c15-14-6-3-11(16)8-10(14)9-12(17)4-5-13-2-1-7-18-13/h3,6,8,13H,1-2,4-5,7,9H2. The molecule has 2 rings (SSSR count). The van der Waals surface area contributed by atoms with Crippen LogP contribution in [0.1, 0.15) is 31.2 Å². The van der Waals surface area contributed by atoms with Gasteiger partial charge in [-0.2, -0.15) is 0 Å². The third kappa shape index (κ3) is 3.79. The Morgan fingerprint density at radius 2 is 2.33 bits per heavy atom. The molecule has 18 heavy (non-hydrogen) atoms. The number of ether oxygens (including phenoxy) is 1. The van der Waals surface area contributed by atoms with Crippen LogP contribution in [0.5, 0.6) is 0 Å². The molecule has 1 heterocycles. The maximum atomic E-state index is 13.0. The monoisotopic (exact) mass is 270 g/mol. The molecule has 1 unspecified atom stereocenters. The van der Waals surface area contributed by atoms with Crippen LogP contribution in [-0.2, 0) is 16.0 Å². The van der Waals surface area contributed by atoms with E-state index in [0.717, 1.165) is 25.9 Å². The zero-order valence-electron chi connectivity index (χ0n) is 10.1. The summed E-state index contributed by atoms with van der Waals surface area (Å²) in [5.41, 5.74) is 0.564. The van der Waals surface area contributed by atoms with E-state index in [4.69, 9.17) is 16.3 Å². The Labute approximate surface area is 111 Å². The van der Waals surface area contributed by atoms with E-state index in [2.05, 4.69) is 0 Å². The molecule has 0 aromatic heterocycles. The molecule has 1 aliphatic heterocycles. The van der Waals surface area contributed by atoms with Gasteiger partial charge in [0.2, 0.25) is 0 Å². The van der Waals surface area contributed by atoms with Crippen LogP contribution in [0, 0.1) is 5.82 Å². The van der Waals surface area contributed by atoms with Crippen molar-refractivity contribution < 1.29 is 13.9 Å².